The summed E-state index contributed by atoms with van der Waals surface area (Å²) in [5.74, 6) is -0.245. The van der Waals surface area contributed by atoms with E-state index < -0.39 is 5.60 Å². The topological polar surface area (TPSA) is 69.6 Å². The Balaban J connectivity index is 2.00. The number of hydrogen-bond acceptors (Lipinski definition) is 3. The van der Waals surface area contributed by atoms with Gasteiger partial charge in [0.05, 0.1) is 18.7 Å². The molecule has 13 heavy (non-hydrogen) atoms. The molecule has 72 valence electrons. The van der Waals surface area contributed by atoms with Crippen LogP contribution in [0.1, 0.15) is 19.3 Å². The van der Waals surface area contributed by atoms with Crippen LogP contribution in [0.2, 0.25) is 0 Å². The van der Waals surface area contributed by atoms with Crippen molar-refractivity contribution < 1.29 is 14.7 Å². The standard InChI is InChI=1S/C8H12N2O3/c11-6-4-9-7(12)10(6)5-8(13)2-1-3-8/h13H,1-5H2,(H,9,12). The highest BCUT2D eigenvalue weighted by molar-refractivity contribution is 6.02. The van der Waals surface area contributed by atoms with Gasteiger partial charge in [0.15, 0.2) is 0 Å². The molecule has 0 bridgehead atoms. The summed E-state index contributed by atoms with van der Waals surface area (Å²) >= 11 is 0. The fraction of sp³-hybridized carbons (Fsp3) is 0.750. The SMILES string of the molecule is O=C1CNC(=O)N1CC1(O)CCC1. The lowest BCUT2D eigenvalue weighted by Gasteiger charge is -2.38. The maximum atomic E-state index is 11.1. The second-order valence-electron chi connectivity index (χ2n) is 3.72. The van der Waals surface area contributed by atoms with Gasteiger partial charge in [-0.1, -0.05) is 0 Å². The monoisotopic (exact) mass is 184 g/mol. The lowest BCUT2D eigenvalue weighted by Crippen LogP contribution is -2.50. The molecule has 0 radical (unpaired) electrons. The van der Waals surface area contributed by atoms with Crippen molar-refractivity contribution in [1.29, 1.82) is 0 Å². The molecule has 1 aliphatic heterocycles. The van der Waals surface area contributed by atoms with Crippen molar-refractivity contribution in [2.24, 2.45) is 0 Å². The van der Waals surface area contributed by atoms with Gasteiger partial charge in [-0.2, -0.15) is 0 Å². The first-order chi connectivity index (χ1) is 6.11. The Hall–Kier alpha value is -1.10. The van der Waals surface area contributed by atoms with E-state index in [0.29, 0.717) is 12.8 Å². The van der Waals surface area contributed by atoms with E-state index in [2.05, 4.69) is 5.32 Å². The van der Waals surface area contributed by atoms with Crippen molar-refractivity contribution in [3.8, 4) is 0 Å². The summed E-state index contributed by atoms with van der Waals surface area (Å²) in [5.41, 5.74) is -0.808. The molecule has 0 unspecified atom stereocenters. The van der Waals surface area contributed by atoms with Gasteiger partial charge in [-0.15, -0.1) is 0 Å². The lowest BCUT2D eigenvalue weighted by atomic mass is 9.80. The van der Waals surface area contributed by atoms with Crippen LogP contribution in [0.25, 0.3) is 0 Å². The summed E-state index contributed by atoms with van der Waals surface area (Å²) in [6.45, 7) is 0.215. The number of imide groups is 1. The van der Waals surface area contributed by atoms with Gasteiger partial charge in [0.1, 0.15) is 0 Å². The zero-order valence-corrected chi connectivity index (χ0v) is 7.25. The zero-order valence-electron chi connectivity index (χ0n) is 7.25. The summed E-state index contributed by atoms with van der Waals surface area (Å²) < 4.78 is 0. The van der Waals surface area contributed by atoms with E-state index in [-0.39, 0.29) is 25.0 Å². The number of β-amino-alcohol motifs (C(OH)–C–C–N with tert-alkyl or cyclic N) is 1. The Labute approximate surface area is 75.7 Å². The van der Waals surface area contributed by atoms with Crippen molar-refractivity contribution in [2.75, 3.05) is 13.1 Å². The highest BCUT2D eigenvalue weighted by Crippen LogP contribution is 2.32. The van der Waals surface area contributed by atoms with Crippen LogP contribution in [0.5, 0.6) is 0 Å². The van der Waals surface area contributed by atoms with Gasteiger partial charge in [-0.25, -0.2) is 4.79 Å². The summed E-state index contributed by atoms with van der Waals surface area (Å²) in [7, 11) is 0. The second kappa shape index (κ2) is 2.70. The second-order valence-corrected chi connectivity index (χ2v) is 3.72. The summed E-state index contributed by atoms with van der Waals surface area (Å²) in [5, 5.41) is 12.1. The van der Waals surface area contributed by atoms with Crippen molar-refractivity contribution in [2.45, 2.75) is 24.9 Å². The molecule has 1 saturated heterocycles. The lowest BCUT2D eigenvalue weighted by molar-refractivity contribution is -0.130. The van der Waals surface area contributed by atoms with Crippen molar-refractivity contribution in [3.63, 3.8) is 0 Å². The van der Waals surface area contributed by atoms with Crippen molar-refractivity contribution >= 4 is 11.9 Å². The van der Waals surface area contributed by atoms with E-state index >= 15 is 0 Å². The Morgan fingerprint density at radius 1 is 1.46 bits per heavy atom. The number of nitrogens with one attached hydrogen (secondary N) is 1. The summed E-state index contributed by atoms with van der Waals surface area (Å²) in [6, 6.07) is -0.384. The molecular formula is C8H12N2O3. The van der Waals surface area contributed by atoms with E-state index in [0.717, 1.165) is 11.3 Å². The number of carbonyl (C=O) groups excluding carboxylic acids is 2. The van der Waals surface area contributed by atoms with Gasteiger partial charge in [0.25, 0.3) is 0 Å². The van der Waals surface area contributed by atoms with E-state index in [4.69, 9.17) is 0 Å². The van der Waals surface area contributed by atoms with Crippen LogP contribution in [-0.4, -0.2) is 40.6 Å². The number of aliphatic hydroxyl groups is 1. The minimum atomic E-state index is -0.808. The third-order valence-corrected chi connectivity index (χ3v) is 2.67. The first-order valence-electron chi connectivity index (χ1n) is 4.41. The molecule has 2 fully saturated rings. The maximum absolute atomic E-state index is 11.1. The van der Waals surface area contributed by atoms with Crippen LogP contribution in [-0.2, 0) is 4.79 Å². The molecule has 2 rings (SSSR count). The van der Waals surface area contributed by atoms with E-state index in [9.17, 15) is 14.7 Å². The highest BCUT2D eigenvalue weighted by Gasteiger charge is 2.41. The number of carbonyl (C=O) groups is 2. The Morgan fingerprint density at radius 2 is 2.15 bits per heavy atom. The molecule has 1 aliphatic carbocycles. The van der Waals surface area contributed by atoms with E-state index in [1.54, 1.807) is 0 Å². The first-order valence-corrected chi connectivity index (χ1v) is 4.41. The van der Waals surface area contributed by atoms with Gasteiger partial charge in [0, 0.05) is 0 Å². The molecule has 5 heteroatoms. The maximum Gasteiger partial charge on any atom is 0.324 e. The molecule has 2 N–H and O–H groups in total. The van der Waals surface area contributed by atoms with Crippen LogP contribution in [0.3, 0.4) is 0 Å². The van der Waals surface area contributed by atoms with Crippen molar-refractivity contribution in [1.82, 2.24) is 10.2 Å². The molecule has 0 aromatic rings. The predicted molar refractivity (Wildman–Crippen MR) is 43.9 cm³/mol. The molecule has 1 saturated carbocycles. The molecule has 0 aromatic carbocycles. The Bertz CT molecular complexity index is 244. The van der Waals surface area contributed by atoms with Crippen molar-refractivity contribution in [3.05, 3.63) is 0 Å². The molecular weight excluding hydrogens is 172 g/mol. The van der Waals surface area contributed by atoms with Gasteiger partial charge in [0.2, 0.25) is 5.91 Å². The number of nitrogens with zero attached hydrogens (tertiary/aromatic N) is 1. The third-order valence-electron chi connectivity index (χ3n) is 2.67. The Kier molecular flexibility index (Phi) is 1.76. The third kappa shape index (κ3) is 1.39. The zero-order chi connectivity index (χ0) is 9.47. The molecule has 0 atom stereocenters. The van der Waals surface area contributed by atoms with Gasteiger partial charge in [-0.3, -0.25) is 9.69 Å². The quantitative estimate of drug-likeness (QED) is 0.566. The largest absolute Gasteiger partial charge is 0.388 e. The molecule has 1 heterocycles. The average Bonchev–Trinajstić information content (AvgIpc) is 2.33. The van der Waals surface area contributed by atoms with Crippen LogP contribution in [0.15, 0.2) is 0 Å². The minimum Gasteiger partial charge on any atom is -0.388 e. The average molecular weight is 184 g/mol. The van der Waals surface area contributed by atoms with Gasteiger partial charge in [-0.05, 0) is 19.3 Å². The fourth-order valence-corrected chi connectivity index (χ4v) is 1.65. The van der Waals surface area contributed by atoms with Gasteiger partial charge < -0.3 is 10.4 Å². The normalized spacial score (nSPS) is 25.8. The van der Waals surface area contributed by atoms with E-state index in [1.165, 1.54) is 0 Å². The summed E-state index contributed by atoms with van der Waals surface area (Å²) in [4.78, 5) is 23.3. The smallest absolute Gasteiger partial charge is 0.324 e. The molecule has 0 spiro atoms. The predicted octanol–water partition coefficient (Wildman–Crippen LogP) is -0.547. The number of hydrogen-bond donors (Lipinski definition) is 2. The van der Waals surface area contributed by atoms with Crippen LogP contribution < -0.4 is 5.32 Å². The number of amides is 3. The Morgan fingerprint density at radius 3 is 2.54 bits per heavy atom. The number of urea groups is 1. The molecule has 3 amide bonds. The molecule has 0 aromatic heterocycles. The summed E-state index contributed by atoms with van der Waals surface area (Å²) in [6.07, 6.45) is 2.34. The highest BCUT2D eigenvalue weighted by atomic mass is 16.3. The van der Waals surface area contributed by atoms with Crippen LogP contribution in [0, 0.1) is 0 Å². The minimum absolute atomic E-state index is 0.0644. The first kappa shape index (κ1) is 8.50. The molecule has 2 aliphatic rings. The van der Waals surface area contributed by atoms with Crippen LogP contribution >= 0.6 is 0 Å². The van der Waals surface area contributed by atoms with E-state index in [1.807, 2.05) is 0 Å². The number of rotatable bonds is 2. The fourth-order valence-electron chi connectivity index (χ4n) is 1.65. The molecule has 5 nitrogen and oxygen atoms in total. The van der Waals surface area contributed by atoms with Gasteiger partial charge >= 0.3 is 6.03 Å². The van der Waals surface area contributed by atoms with Crippen LogP contribution in [0.4, 0.5) is 4.79 Å².